The largest absolute Gasteiger partial charge is 0.484 e. The number of nitrogens with zero attached hydrogens (tertiary/aromatic N) is 2. The Morgan fingerprint density at radius 3 is 2.39 bits per heavy atom. The summed E-state index contributed by atoms with van der Waals surface area (Å²) in [6, 6.07) is 17.6. The van der Waals surface area contributed by atoms with Crippen molar-refractivity contribution in [2.75, 3.05) is 19.7 Å². The summed E-state index contributed by atoms with van der Waals surface area (Å²) in [4.78, 5) is 27.1. The second kappa shape index (κ2) is 9.56. The fraction of sp³-hybridized carbons (Fsp3) is 0.318. The second-order valence-electron chi connectivity index (χ2n) is 6.77. The molecule has 0 bridgehead atoms. The molecule has 0 spiro atoms. The lowest BCUT2D eigenvalue weighted by atomic mass is 10.0. The quantitative estimate of drug-likeness (QED) is 0.803. The van der Waals surface area contributed by atoms with E-state index in [1.54, 1.807) is 24.3 Å². The Morgan fingerprint density at radius 2 is 1.75 bits per heavy atom. The van der Waals surface area contributed by atoms with Gasteiger partial charge in [-0.25, -0.2) is 0 Å². The van der Waals surface area contributed by atoms with Crippen molar-refractivity contribution in [2.45, 2.75) is 25.3 Å². The standard InChI is InChI=1S/C22H23N3O3/c23-15-18-8-10-19(11-9-18)28-16-21(26)24-20(14-17-6-2-1-3-7-17)22(27)25-12-4-5-13-25/h1-3,6-11,20H,4-5,12-14,16H2,(H,24,26)/t20-/m1/s1. The van der Waals surface area contributed by atoms with Crippen LogP contribution in [-0.2, 0) is 16.0 Å². The maximum atomic E-state index is 12.9. The number of benzene rings is 2. The molecule has 0 saturated carbocycles. The van der Waals surface area contributed by atoms with Crippen LogP contribution in [0.25, 0.3) is 0 Å². The van der Waals surface area contributed by atoms with E-state index in [4.69, 9.17) is 10.00 Å². The summed E-state index contributed by atoms with van der Waals surface area (Å²) in [5, 5.41) is 11.6. The third kappa shape index (κ3) is 5.34. The van der Waals surface area contributed by atoms with Crippen LogP contribution < -0.4 is 10.1 Å². The van der Waals surface area contributed by atoms with E-state index in [0.29, 0.717) is 17.7 Å². The molecule has 1 aliphatic heterocycles. The number of amides is 2. The lowest BCUT2D eigenvalue weighted by Gasteiger charge is -2.24. The number of hydrogen-bond acceptors (Lipinski definition) is 4. The van der Waals surface area contributed by atoms with E-state index in [1.165, 1.54) is 0 Å². The minimum atomic E-state index is -0.613. The first-order valence-corrected chi connectivity index (χ1v) is 9.41. The predicted molar refractivity (Wildman–Crippen MR) is 105 cm³/mol. The molecule has 2 amide bonds. The molecule has 2 aromatic carbocycles. The monoisotopic (exact) mass is 377 g/mol. The average Bonchev–Trinajstić information content (AvgIpc) is 3.27. The van der Waals surface area contributed by atoms with Crippen LogP contribution in [0.3, 0.4) is 0 Å². The Labute approximate surface area is 164 Å². The molecule has 6 nitrogen and oxygen atoms in total. The predicted octanol–water partition coefficient (Wildman–Crippen LogP) is 2.29. The van der Waals surface area contributed by atoms with Crippen LogP contribution in [0.4, 0.5) is 0 Å². The van der Waals surface area contributed by atoms with Crippen molar-refractivity contribution in [3.63, 3.8) is 0 Å². The molecule has 6 heteroatoms. The highest BCUT2D eigenvalue weighted by Gasteiger charge is 2.28. The van der Waals surface area contributed by atoms with Crippen LogP contribution in [0.2, 0.25) is 0 Å². The van der Waals surface area contributed by atoms with Gasteiger partial charge in [0.2, 0.25) is 5.91 Å². The van der Waals surface area contributed by atoms with E-state index in [1.807, 2.05) is 41.3 Å². The normalized spacial score (nSPS) is 14.2. The van der Waals surface area contributed by atoms with Gasteiger partial charge in [0.15, 0.2) is 6.61 Å². The SMILES string of the molecule is N#Cc1ccc(OCC(=O)N[C@H](Cc2ccccc2)C(=O)N2CCCC2)cc1. The zero-order chi connectivity index (χ0) is 19.8. The Balaban J connectivity index is 1.61. The summed E-state index contributed by atoms with van der Waals surface area (Å²) in [7, 11) is 0. The van der Waals surface area contributed by atoms with E-state index in [2.05, 4.69) is 5.32 Å². The van der Waals surface area contributed by atoms with Crippen LogP contribution >= 0.6 is 0 Å². The van der Waals surface area contributed by atoms with Gasteiger partial charge < -0.3 is 15.0 Å². The van der Waals surface area contributed by atoms with Crippen LogP contribution in [0.15, 0.2) is 54.6 Å². The Bertz CT molecular complexity index is 838. The number of likely N-dealkylation sites (tertiary alicyclic amines) is 1. The Hall–Kier alpha value is -3.33. The summed E-state index contributed by atoms with van der Waals surface area (Å²) in [5.74, 6) is 0.102. The highest BCUT2D eigenvalue weighted by Crippen LogP contribution is 2.13. The first-order chi connectivity index (χ1) is 13.7. The number of nitrogens with one attached hydrogen (secondary N) is 1. The van der Waals surface area contributed by atoms with Crippen LogP contribution in [-0.4, -0.2) is 42.5 Å². The summed E-state index contributed by atoms with van der Waals surface area (Å²) in [6.45, 7) is 1.29. The molecule has 0 radical (unpaired) electrons. The molecular weight excluding hydrogens is 354 g/mol. The fourth-order valence-corrected chi connectivity index (χ4v) is 3.22. The molecule has 144 valence electrons. The van der Waals surface area contributed by atoms with Crippen LogP contribution in [0.1, 0.15) is 24.0 Å². The van der Waals surface area contributed by atoms with Gasteiger partial charge in [-0.05, 0) is 42.7 Å². The summed E-state index contributed by atoms with van der Waals surface area (Å²) < 4.78 is 5.48. The van der Waals surface area contributed by atoms with Crippen molar-refractivity contribution < 1.29 is 14.3 Å². The zero-order valence-electron chi connectivity index (χ0n) is 15.6. The van der Waals surface area contributed by atoms with Crippen molar-refractivity contribution in [3.8, 4) is 11.8 Å². The number of hydrogen-bond donors (Lipinski definition) is 1. The molecule has 28 heavy (non-hydrogen) atoms. The number of ether oxygens (including phenoxy) is 1. The Morgan fingerprint density at radius 1 is 1.07 bits per heavy atom. The third-order valence-electron chi connectivity index (χ3n) is 4.69. The third-order valence-corrected chi connectivity index (χ3v) is 4.69. The van der Waals surface area contributed by atoms with Crippen molar-refractivity contribution in [2.24, 2.45) is 0 Å². The van der Waals surface area contributed by atoms with Crippen molar-refractivity contribution in [1.82, 2.24) is 10.2 Å². The lowest BCUT2D eigenvalue weighted by Crippen LogP contribution is -2.50. The highest BCUT2D eigenvalue weighted by molar-refractivity contribution is 5.88. The molecular formula is C22H23N3O3. The van der Waals surface area contributed by atoms with Gasteiger partial charge in [-0.15, -0.1) is 0 Å². The maximum Gasteiger partial charge on any atom is 0.258 e. The van der Waals surface area contributed by atoms with Crippen molar-refractivity contribution in [1.29, 1.82) is 5.26 Å². The van der Waals surface area contributed by atoms with Crippen LogP contribution in [0.5, 0.6) is 5.75 Å². The molecule has 3 rings (SSSR count). The van der Waals surface area contributed by atoms with E-state index in [9.17, 15) is 9.59 Å². The number of carbonyl (C=O) groups excluding carboxylic acids is 2. The fourth-order valence-electron chi connectivity index (χ4n) is 3.22. The number of nitriles is 1. The number of carbonyl (C=O) groups is 2. The van der Waals surface area contributed by atoms with Crippen molar-refractivity contribution >= 4 is 11.8 Å². The van der Waals surface area contributed by atoms with E-state index in [-0.39, 0.29) is 18.4 Å². The molecule has 1 heterocycles. The van der Waals surface area contributed by atoms with Gasteiger partial charge in [0.05, 0.1) is 11.6 Å². The molecule has 1 aliphatic rings. The van der Waals surface area contributed by atoms with E-state index in [0.717, 1.165) is 31.5 Å². The summed E-state index contributed by atoms with van der Waals surface area (Å²) in [5.41, 5.74) is 1.52. The topological polar surface area (TPSA) is 82.4 Å². The van der Waals surface area contributed by atoms with Crippen molar-refractivity contribution in [3.05, 3.63) is 65.7 Å². The zero-order valence-corrected chi connectivity index (χ0v) is 15.6. The first-order valence-electron chi connectivity index (χ1n) is 9.41. The Kier molecular flexibility index (Phi) is 6.64. The summed E-state index contributed by atoms with van der Waals surface area (Å²) >= 11 is 0. The smallest absolute Gasteiger partial charge is 0.258 e. The molecule has 0 aliphatic carbocycles. The minimum absolute atomic E-state index is 0.0481. The van der Waals surface area contributed by atoms with Gasteiger partial charge in [-0.3, -0.25) is 9.59 Å². The molecule has 1 atom stereocenters. The molecule has 0 unspecified atom stereocenters. The maximum absolute atomic E-state index is 12.9. The van der Waals surface area contributed by atoms with Gasteiger partial charge >= 0.3 is 0 Å². The second-order valence-corrected chi connectivity index (χ2v) is 6.77. The lowest BCUT2D eigenvalue weighted by molar-refractivity contribution is -0.136. The molecule has 0 aromatic heterocycles. The van der Waals surface area contributed by atoms with Gasteiger partial charge in [0, 0.05) is 19.5 Å². The van der Waals surface area contributed by atoms with E-state index < -0.39 is 6.04 Å². The average molecular weight is 377 g/mol. The minimum Gasteiger partial charge on any atom is -0.484 e. The van der Waals surface area contributed by atoms with Gasteiger partial charge in [0.1, 0.15) is 11.8 Å². The highest BCUT2D eigenvalue weighted by atomic mass is 16.5. The molecule has 1 N–H and O–H groups in total. The molecule has 1 saturated heterocycles. The van der Waals surface area contributed by atoms with Crippen LogP contribution in [0, 0.1) is 11.3 Å². The van der Waals surface area contributed by atoms with Gasteiger partial charge in [0.25, 0.3) is 5.91 Å². The number of rotatable bonds is 7. The van der Waals surface area contributed by atoms with Gasteiger partial charge in [-0.2, -0.15) is 5.26 Å². The first kappa shape index (κ1) is 19.4. The summed E-state index contributed by atoms with van der Waals surface area (Å²) in [6.07, 6.45) is 2.44. The van der Waals surface area contributed by atoms with Gasteiger partial charge in [-0.1, -0.05) is 30.3 Å². The molecule has 2 aromatic rings. The molecule has 1 fully saturated rings. The van der Waals surface area contributed by atoms with E-state index >= 15 is 0 Å².